The molecule has 30 heavy (non-hydrogen) atoms. The lowest BCUT2D eigenvalue weighted by atomic mass is 10.1. The highest BCUT2D eigenvalue weighted by atomic mass is 32.2. The monoisotopic (exact) mass is 449 g/mol. The molecule has 2 aromatic heterocycles. The summed E-state index contributed by atoms with van der Waals surface area (Å²) in [6.07, 6.45) is 3.95. The van der Waals surface area contributed by atoms with E-state index in [9.17, 15) is 9.35 Å². The second-order valence-corrected chi connectivity index (χ2v) is 10.0. The first-order chi connectivity index (χ1) is 14.6. The maximum Gasteiger partial charge on any atom is 0.350 e. The zero-order chi connectivity index (χ0) is 20.7. The van der Waals surface area contributed by atoms with Crippen LogP contribution in [0.25, 0.3) is 0 Å². The fraction of sp³-hybridized carbons (Fsp3) is 0.579. The Morgan fingerprint density at radius 2 is 2.17 bits per heavy atom. The predicted molar refractivity (Wildman–Crippen MR) is 113 cm³/mol. The van der Waals surface area contributed by atoms with E-state index in [-0.39, 0.29) is 12.1 Å². The minimum Gasteiger partial charge on any atom is -0.611 e. The van der Waals surface area contributed by atoms with Crippen LogP contribution in [0.1, 0.15) is 28.2 Å². The summed E-state index contributed by atoms with van der Waals surface area (Å²) >= 11 is 0.0686. The van der Waals surface area contributed by atoms with Gasteiger partial charge in [-0.15, -0.1) is 0 Å². The largest absolute Gasteiger partial charge is 0.611 e. The number of carbonyl (C=O) groups excluding carboxylic acids is 1. The minimum absolute atomic E-state index is 0.192. The fourth-order valence-corrected chi connectivity index (χ4v) is 5.86. The van der Waals surface area contributed by atoms with Crippen molar-refractivity contribution in [2.75, 3.05) is 48.9 Å². The van der Waals surface area contributed by atoms with Crippen molar-refractivity contribution in [3.05, 3.63) is 22.8 Å². The Hall–Kier alpha value is -1.95. The Morgan fingerprint density at radius 3 is 2.90 bits per heavy atom. The Labute approximate surface area is 181 Å². The highest BCUT2D eigenvalue weighted by Gasteiger charge is 2.38. The summed E-state index contributed by atoms with van der Waals surface area (Å²) in [5.74, 6) is 1.64. The molecule has 0 bridgehead atoms. The molecular formula is C19H23N5O4S2. The molecule has 2 fully saturated rings. The molecule has 3 aliphatic heterocycles. The van der Waals surface area contributed by atoms with Crippen molar-refractivity contribution in [1.82, 2.24) is 14.3 Å². The smallest absolute Gasteiger partial charge is 0.350 e. The lowest BCUT2D eigenvalue weighted by Gasteiger charge is -2.39. The molecule has 1 atom stereocenters. The van der Waals surface area contributed by atoms with Crippen LogP contribution in [-0.2, 0) is 27.1 Å². The number of rotatable bonds is 5. The molecular weight excluding hydrogens is 426 g/mol. The zero-order valence-electron chi connectivity index (χ0n) is 16.7. The van der Waals surface area contributed by atoms with E-state index in [1.165, 1.54) is 0 Å². The van der Waals surface area contributed by atoms with Crippen LogP contribution in [0.2, 0.25) is 0 Å². The fourth-order valence-electron chi connectivity index (χ4n) is 4.00. The van der Waals surface area contributed by atoms with E-state index in [2.05, 4.69) is 9.27 Å². The third-order valence-corrected chi connectivity index (χ3v) is 7.95. The molecule has 11 heteroatoms. The lowest BCUT2D eigenvalue weighted by molar-refractivity contribution is 0.0237. The number of carbonyl (C=O) groups is 1. The Balaban J connectivity index is 1.32. The minimum atomic E-state index is -1.06. The second kappa shape index (κ2) is 8.29. The molecule has 3 aliphatic rings. The summed E-state index contributed by atoms with van der Waals surface area (Å²) in [6, 6.07) is 1.97. The van der Waals surface area contributed by atoms with Gasteiger partial charge >= 0.3 is 5.97 Å². The van der Waals surface area contributed by atoms with Gasteiger partial charge in [0, 0.05) is 38.9 Å². The summed E-state index contributed by atoms with van der Waals surface area (Å²) in [6.45, 7) is 2.56. The highest BCUT2D eigenvalue weighted by molar-refractivity contribution is 7.91. The number of nitrogens with zero attached hydrogens (tertiary/aromatic N) is 5. The molecule has 0 N–H and O–H groups in total. The van der Waals surface area contributed by atoms with Crippen LogP contribution in [0.15, 0.2) is 17.2 Å². The van der Waals surface area contributed by atoms with Gasteiger partial charge in [-0.1, -0.05) is 0 Å². The Bertz CT molecular complexity index is 916. The number of fused-ring (bicyclic) bond motifs is 1. The second-order valence-electron chi connectivity index (χ2n) is 7.69. The number of aromatic nitrogens is 3. The van der Waals surface area contributed by atoms with E-state index in [0.717, 1.165) is 54.0 Å². The number of ether oxygens (including phenoxy) is 2. The quantitative estimate of drug-likeness (QED) is 0.493. The summed E-state index contributed by atoms with van der Waals surface area (Å²) in [5, 5.41) is 0. The molecule has 0 saturated carbocycles. The van der Waals surface area contributed by atoms with Gasteiger partial charge in [0.25, 0.3) is 0 Å². The van der Waals surface area contributed by atoms with Crippen LogP contribution >= 0.6 is 11.5 Å². The van der Waals surface area contributed by atoms with Crippen molar-refractivity contribution in [3.63, 3.8) is 0 Å². The topological polar surface area (TPSA) is 104 Å². The molecule has 9 nitrogen and oxygen atoms in total. The van der Waals surface area contributed by atoms with Crippen LogP contribution in [-0.4, -0.2) is 76.1 Å². The maximum atomic E-state index is 12.6. The molecule has 0 aliphatic carbocycles. The zero-order valence-corrected chi connectivity index (χ0v) is 18.3. The van der Waals surface area contributed by atoms with Crippen molar-refractivity contribution < 1.29 is 18.8 Å². The third kappa shape index (κ3) is 3.75. The van der Waals surface area contributed by atoms with E-state index in [1.807, 2.05) is 11.9 Å². The molecule has 5 heterocycles. The van der Waals surface area contributed by atoms with Crippen molar-refractivity contribution in [3.8, 4) is 0 Å². The summed E-state index contributed by atoms with van der Waals surface area (Å²) in [4.78, 5) is 27.1. The van der Waals surface area contributed by atoms with Crippen molar-refractivity contribution in [1.29, 1.82) is 0 Å². The maximum absolute atomic E-state index is 12.6. The van der Waals surface area contributed by atoms with Gasteiger partial charge in [0.1, 0.15) is 22.4 Å². The summed E-state index contributed by atoms with van der Waals surface area (Å²) in [5.41, 5.74) is 0.873. The van der Waals surface area contributed by atoms with Crippen LogP contribution in [0.3, 0.4) is 0 Å². The van der Waals surface area contributed by atoms with Crippen molar-refractivity contribution in [2.45, 2.75) is 36.3 Å². The number of aryl methyl sites for hydroxylation is 1. The molecule has 0 aromatic carbocycles. The van der Waals surface area contributed by atoms with Gasteiger partial charge in [0.05, 0.1) is 13.1 Å². The standard InChI is InChI=1S/C19H23N5O4S2/c1-23(12-3-7-27-8-4-12)17-16-14(5-9-30(16)26)21-19(22-17)24-10-13(11-24)28-18(25)15-2-6-20-29-15/h2,6,12-13H,3-5,7-11H2,1H3. The van der Waals surface area contributed by atoms with Gasteiger partial charge < -0.3 is 23.8 Å². The molecule has 2 aromatic rings. The summed E-state index contributed by atoms with van der Waals surface area (Å²) < 4.78 is 27.6. The van der Waals surface area contributed by atoms with Gasteiger partial charge in [-0.25, -0.2) is 14.2 Å². The molecule has 160 valence electrons. The van der Waals surface area contributed by atoms with Crippen LogP contribution in [0.4, 0.5) is 11.8 Å². The lowest BCUT2D eigenvalue weighted by Crippen LogP contribution is -2.54. The van der Waals surface area contributed by atoms with E-state index in [1.54, 1.807) is 12.3 Å². The van der Waals surface area contributed by atoms with Crippen LogP contribution in [0, 0.1) is 0 Å². The first-order valence-corrected chi connectivity index (χ1v) is 12.2. The molecule has 0 radical (unpaired) electrons. The van der Waals surface area contributed by atoms with Crippen molar-refractivity contribution >= 4 is 40.4 Å². The van der Waals surface area contributed by atoms with Crippen LogP contribution in [0.5, 0.6) is 0 Å². The van der Waals surface area contributed by atoms with Gasteiger partial charge in [0.2, 0.25) is 10.8 Å². The van der Waals surface area contributed by atoms with Crippen LogP contribution < -0.4 is 9.80 Å². The number of esters is 1. The van der Waals surface area contributed by atoms with E-state index >= 15 is 0 Å². The average Bonchev–Trinajstić information content (AvgIpc) is 3.40. The normalized spacial score (nSPS) is 21.9. The van der Waals surface area contributed by atoms with Gasteiger partial charge in [-0.05, 0) is 41.6 Å². The molecule has 0 spiro atoms. The van der Waals surface area contributed by atoms with Gasteiger partial charge in [-0.2, -0.15) is 4.98 Å². The number of hydrogen-bond acceptors (Lipinski definition) is 10. The molecule has 2 saturated heterocycles. The number of hydrogen-bond donors (Lipinski definition) is 0. The van der Waals surface area contributed by atoms with E-state index in [0.29, 0.717) is 42.1 Å². The number of anilines is 2. The Morgan fingerprint density at radius 1 is 1.37 bits per heavy atom. The van der Waals surface area contributed by atoms with E-state index < -0.39 is 11.2 Å². The SMILES string of the molecule is CN(c1nc(N2CC(OC(=O)c3ccns3)C2)nc2c1[S+]([O-])CC2)C1CCOCC1. The Kier molecular flexibility index (Phi) is 5.52. The highest BCUT2D eigenvalue weighted by Crippen LogP contribution is 2.36. The predicted octanol–water partition coefficient (Wildman–Crippen LogP) is 1.26. The molecule has 5 rings (SSSR count). The first-order valence-electron chi connectivity index (χ1n) is 10.1. The average molecular weight is 450 g/mol. The van der Waals surface area contributed by atoms with E-state index in [4.69, 9.17) is 19.4 Å². The summed E-state index contributed by atoms with van der Waals surface area (Å²) in [7, 11) is 2.02. The first kappa shape index (κ1) is 20.0. The van der Waals surface area contributed by atoms with Gasteiger partial charge in [0.15, 0.2) is 5.82 Å². The molecule has 0 amide bonds. The van der Waals surface area contributed by atoms with Crippen molar-refractivity contribution in [2.24, 2.45) is 0 Å². The molecule has 1 unspecified atom stereocenters. The van der Waals surface area contributed by atoms with Gasteiger partial charge in [-0.3, -0.25) is 0 Å². The third-order valence-electron chi connectivity index (χ3n) is 5.77.